The maximum atomic E-state index is 12.7. The van der Waals surface area contributed by atoms with Crippen molar-refractivity contribution in [3.05, 3.63) is 12.2 Å². The topological polar surface area (TPSA) is 43.8 Å². The highest BCUT2D eigenvalue weighted by molar-refractivity contribution is 5.81. The van der Waals surface area contributed by atoms with Gasteiger partial charge in [0.25, 0.3) is 0 Å². The lowest BCUT2D eigenvalue weighted by molar-refractivity contribution is -0.137. The normalized spacial score (nSPS) is 40.6. The molecule has 1 amide bonds. The Morgan fingerprint density at radius 1 is 1.32 bits per heavy atom. The number of aliphatic hydroxyl groups excluding tert-OH is 1. The van der Waals surface area contributed by atoms with E-state index in [2.05, 4.69) is 17.1 Å². The van der Waals surface area contributed by atoms with Gasteiger partial charge in [0.05, 0.1) is 6.10 Å². The van der Waals surface area contributed by atoms with Gasteiger partial charge < -0.3 is 14.9 Å². The first-order valence-corrected chi connectivity index (χ1v) is 7.36. The molecule has 1 saturated heterocycles. The van der Waals surface area contributed by atoms with E-state index in [0.717, 1.165) is 25.8 Å². The van der Waals surface area contributed by atoms with Crippen LogP contribution in [0.1, 0.15) is 19.3 Å². The van der Waals surface area contributed by atoms with Crippen LogP contribution in [0.3, 0.4) is 0 Å². The average Bonchev–Trinajstić information content (AvgIpc) is 3.02. The number of rotatable bonds is 3. The highest BCUT2D eigenvalue weighted by Crippen LogP contribution is 2.44. The number of likely N-dealkylation sites (tertiary alicyclic amines) is 1. The van der Waals surface area contributed by atoms with Crippen molar-refractivity contribution >= 4 is 5.91 Å². The molecule has 0 aromatic heterocycles. The summed E-state index contributed by atoms with van der Waals surface area (Å²) in [5.74, 6) is 1.53. The largest absolute Gasteiger partial charge is 0.391 e. The van der Waals surface area contributed by atoms with Gasteiger partial charge in [-0.1, -0.05) is 12.2 Å². The molecule has 19 heavy (non-hydrogen) atoms. The molecule has 5 unspecified atom stereocenters. The summed E-state index contributed by atoms with van der Waals surface area (Å²) in [7, 11) is 4.04. The molecule has 1 saturated carbocycles. The Kier molecular flexibility index (Phi) is 3.39. The lowest BCUT2D eigenvalue weighted by Gasteiger charge is -2.30. The number of allylic oxidation sites excluding steroid dienone is 2. The molecule has 1 N–H and O–H groups in total. The third-order valence-corrected chi connectivity index (χ3v) is 4.85. The van der Waals surface area contributed by atoms with Crippen molar-refractivity contribution < 1.29 is 9.90 Å². The molecular weight excluding hydrogens is 240 g/mol. The molecule has 0 aromatic rings. The van der Waals surface area contributed by atoms with Crippen molar-refractivity contribution in [2.45, 2.75) is 31.4 Å². The fourth-order valence-electron chi connectivity index (χ4n) is 4.03. The quantitative estimate of drug-likeness (QED) is 0.764. The van der Waals surface area contributed by atoms with Crippen LogP contribution in [0.15, 0.2) is 12.2 Å². The summed E-state index contributed by atoms with van der Waals surface area (Å²) in [6, 6.07) is 0.181. The second-order valence-electron chi connectivity index (χ2n) is 6.68. The first-order chi connectivity index (χ1) is 9.04. The Morgan fingerprint density at radius 3 is 2.68 bits per heavy atom. The Labute approximate surface area is 115 Å². The summed E-state index contributed by atoms with van der Waals surface area (Å²) >= 11 is 0. The predicted molar refractivity (Wildman–Crippen MR) is 73.5 cm³/mol. The molecule has 2 bridgehead atoms. The zero-order valence-corrected chi connectivity index (χ0v) is 11.8. The van der Waals surface area contributed by atoms with E-state index in [9.17, 15) is 9.90 Å². The third kappa shape index (κ3) is 2.43. The van der Waals surface area contributed by atoms with Crippen molar-refractivity contribution in [1.29, 1.82) is 0 Å². The summed E-state index contributed by atoms with van der Waals surface area (Å²) in [5.41, 5.74) is 0. The Bertz CT molecular complexity index is 394. The maximum absolute atomic E-state index is 12.7. The highest BCUT2D eigenvalue weighted by Gasteiger charge is 2.44. The van der Waals surface area contributed by atoms with Gasteiger partial charge in [0.1, 0.15) is 0 Å². The van der Waals surface area contributed by atoms with Crippen molar-refractivity contribution in [2.75, 3.05) is 27.2 Å². The van der Waals surface area contributed by atoms with Gasteiger partial charge in [-0.25, -0.2) is 0 Å². The number of hydrogen-bond acceptors (Lipinski definition) is 3. The number of aliphatic hydroxyl groups is 1. The second kappa shape index (κ2) is 4.91. The van der Waals surface area contributed by atoms with E-state index in [4.69, 9.17) is 0 Å². The standard InChI is InChI=1S/C15H24N2O2/c1-16(2)8-12-7-13(18)9-17(12)15(19)14-6-10-3-4-11(14)5-10/h3-4,10-14,18H,5-9H2,1-2H3. The number of β-amino-alcohol motifs (C(OH)–C–C–N with tert-alkyl or cyclic N) is 1. The highest BCUT2D eigenvalue weighted by atomic mass is 16.3. The molecule has 0 aromatic carbocycles. The van der Waals surface area contributed by atoms with E-state index in [0.29, 0.717) is 18.4 Å². The monoisotopic (exact) mass is 264 g/mol. The van der Waals surface area contributed by atoms with Crippen LogP contribution in [0.25, 0.3) is 0 Å². The molecule has 0 radical (unpaired) electrons. The number of likely N-dealkylation sites (N-methyl/N-ethyl adjacent to an activating group) is 1. The van der Waals surface area contributed by atoms with Gasteiger partial charge in [-0.3, -0.25) is 4.79 Å². The lowest BCUT2D eigenvalue weighted by Crippen LogP contribution is -2.45. The molecule has 1 heterocycles. The van der Waals surface area contributed by atoms with Gasteiger partial charge in [0.15, 0.2) is 0 Å². The van der Waals surface area contributed by atoms with E-state index < -0.39 is 0 Å². The minimum Gasteiger partial charge on any atom is -0.391 e. The van der Waals surface area contributed by atoms with Crippen LogP contribution in [-0.2, 0) is 4.79 Å². The molecule has 2 aliphatic carbocycles. The van der Waals surface area contributed by atoms with E-state index >= 15 is 0 Å². The molecular formula is C15H24N2O2. The maximum Gasteiger partial charge on any atom is 0.226 e. The lowest BCUT2D eigenvalue weighted by atomic mass is 9.92. The van der Waals surface area contributed by atoms with Gasteiger partial charge in [0.2, 0.25) is 5.91 Å². The first-order valence-electron chi connectivity index (χ1n) is 7.36. The first kappa shape index (κ1) is 13.1. The van der Waals surface area contributed by atoms with Crippen LogP contribution in [0.2, 0.25) is 0 Å². The molecule has 3 aliphatic rings. The second-order valence-corrected chi connectivity index (χ2v) is 6.68. The Balaban J connectivity index is 1.69. The van der Waals surface area contributed by atoms with Crippen molar-refractivity contribution in [3.8, 4) is 0 Å². The van der Waals surface area contributed by atoms with Gasteiger partial charge in [-0.15, -0.1) is 0 Å². The van der Waals surface area contributed by atoms with Crippen LogP contribution in [-0.4, -0.2) is 60.1 Å². The van der Waals surface area contributed by atoms with Crippen LogP contribution in [0.5, 0.6) is 0 Å². The molecule has 5 atom stereocenters. The Hall–Kier alpha value is -0.870. The van der Waals surface area contributed by atoms with Crippen LogP contribution in [0, 0.1) is 17.8 Å². The minimum atomic E-state index is -0.344. The summed E-state index contributed by atoms with van der Waals surface area (Å²) in [5, 5.41) is 9.88. The van der Waals surface area contributed by atoms with E-state index in [1.54, 1.807) is 0 Å². The zero-order valence-electron chi connectivity index (χ0n) is 11.8. The van der Waals surface area contributed by atoms with E-state index in [-0.39, 0.29) is 24.0 Å². The predicted octanol–water partition coefficient (Wildman–Crippen LogP) is 0.722. The Morgan fingerprint density at radius 2 is 2.11 bits per heavy atom. The number of carbonyl (C=O) groups is 1. The van der Waals surface area contributed by atoms with Crippen molar-refractivity contribution in [3.63, 3.8) is 0 Å². The zero-order chi connectivity index (χ0) is 13.6. The van der Waals surface area contributed by atoms with Crippen LogP contribution >= 0.6 is 0 Å². The summed E-state index contributed by atoms with van der Waals surface area (Å²) < 4.78 is 0. The number of hydrogen-bond donors (Lipinski definition) is 1. The third-order valence-electron chi connectivity index (χ3n) is 4.85. The van der Waals surface area contributed by atoms with Crippen LogP contribution in [0.4, 0.5) is 0 Å². The van der Waals surface area contributed by atoms with Gasteiger partial charge in [-0.2, -0.15) is 0 Å². The molecule has 106 valence electrons. The number of fused-ring (bicyclic) bond motifs is 2. The van der Waals surface area contributed by atoms with Gasteiger partial charge >= 0.3 is 0 Å². The minimum absolute atomic E-state index is 0.171. The van der Waals surface area contributed by atoms with Crippen molar-refractivity contribution in [2.24, 2.45) is 17.8 Å². The van der Waals surface area contributed by atoms with Crippen molar-refractivity contribution in [1.82, 2.24) is 9.80 Å². The van der Waals surface area contributed by atoms with Gasteiger partial charge in [-0.05, 0) is 45.2 Å². The number of nitrogens with zero attached hydrogens (tertiary/aromatic N) is 2. The molecule has 3 rings (SSSR count). The average molecular weight is 264 g/mol. The fourth-order valence-corrected chi connectivity index (χ4v) is 4.03. The van der Waals surface area contributed by atoms with Crippen LogP contribution < -0.4 is 0 Å². The summed E-state index contributed by atoms with van der Waals surface area (Å²) in [4.78, 5) is 16.8. The smallest absolute Gasteiger partial charge is 0.226 e. The van der Waals surface area contributed by atoms with E-state index in [1.807, 2.05) is 19.0 Å². The number of amides is 1. The molecule has 0 spiro atoms. The fraction of sp³-hybridized carbons (Fsp3) is 0.800. The van der Waals surface area contributed by atoms with Gasteiger partial charge in [0, 0.05) is 25.0 Å². The molecule has 4 heteroatoms. The molecule has 4 nitrogen and oxygen atoms in total. The summed E-state index contributed by atoms with van der Waals surface area (Å²) in [6.45, 7) is 1.37. The summed E-state index contributed by atoms with van der Waals surface area (Å²) in [6.07, 6.45) is 7.05. The van der Waals surface area contributed by atoms with E-state index in [1.165, 1.54) is 0 Å². The SMILES string of the molecule is CN(C)CC1CC(O)CN1C(=O)C1CC2C=CC1C2. The molecule has 1 aliphatic heterocycles. The molecule has 2 fully saturated rings. The number of carbonyl (C=O) groups excluding carboxylic acids is 1.